The van der Waals surface area contributed by atoms with Crippen LogP contribution in [0.25, 0.3) is 0 Å². The van der Waals surface area contributed by atoms with Crippen molar-refractivity contribution in [2.24, 2.45) is 5.10 Å². The number of nitrogens with zero attached hydrogens (tertiary/aromatic N) is 1. The molecular weight excluding hydrogens is 361 g/mol. The molecule has 136 valence electrons. The summed E-state index contributed by atoms with van der Waals surface area (Å²) in [5, 5.41) is 7.54. The molecule has 6 heteroatoms. The van der Waals surface area contributed by atoms with Gasteiger partial charge >= 0.3 is 0 Å². The summed E-state index contributed by atoms with van der Waals surface area (Å²) in [6.45, 7) is 0.163. The largest absolute Gasteiger partial charge is 0.489 e. The minimum absolute atomic E-state index is 0.163. The molecule has 27 heavy (non-hydrogen) atoms. The van der Waals surface area contributed by atoms with Gasteiger partial charge in [-0.15, -0.1) is 0 Å². The number of hydrogen-bond acceptors (Lipinski definition) is 3. The number of benzene rings is 3. The van der Waals surface area contributed by atoms with Gasteiger partial charge in [0.25, 0.3) is 0 Å². The smallest absolute Gasteiger partial charge is 0.191 e. The van der Waals surface area contributed by atoms with Gasteiger partial charge in [0.1, 0.15) is 18.2 Å². The van der Waals surface area contributed by atoms with E-state index in [1.54, 1.807) is 24.4 Å². The minimum Gasteiger partial charge on any atom is -0.489 e. The molecule has 0 heterocycles. The standard InChI is InChI=1S/C21H18FN3OS/c22-20-12-5-4-8-17(20)15-26-19-11-6-7-16(13-19)14-23-25-21(27)24-18-9-2-1-3-10-18/h1-14H,15H2,(H2,24,25,27). The van der Waals surface area contributed by atoms with Crippen LogP contribution in [-0.2, 0) is 6.61 Å². The molecule has 0 radical (unpaired) electrons. The Hall–Kier alpha value is -3.25. The Morgan fingerprint density at radius 3 is 2.59 bits per heavy atom. The lowest BCUT2D eigenvalue weighted by Crippen LogP contribution is -2.23. The number of thiocarbonyl (C=S) groups is 1. The molecule has 3 aromatic carbocycles. The summed E-state index contributed by atoms with van der Waals surface area (Å²) < 4.78 is 19.3. The second-order valence-corrected chi connectivity index (χ2v) is 6.05. The van der Waals surface area contributed by atoms with Crippen LogP contribution < -0.4 is 15.5 Å². The quantitative estimate of drug-likeness (QED) is 0.369. The van der Waals surface area contributed by atoms with Crippen LogP contribution in [0.2, 0.25) is 0 Å². The van der Waals surface area contributed by atoms with E-state index in [4.69, 9.17) is 17.0 Å². The summed E-state index contributed by atoms with van der Waals surface area (Å²) in [5.74, 6) is 0.353. The zero-order chi connectivity index (χ0) is 18.9. The molecule has 0 aliphatic rings. The number of para-hydroxylation sites is 1. The van der Waals surface area contributed by atoms with Crippen LogP contribution in [-0.4, -0.2) is 11.3 Å². The van der Waals surface area contributed by atoms with Gasteiger partial charge in [-0.05, 0) is 48.1 Å². The molecule has 0 atom stereocenters. The summed E-state index contributed by atoms with van der Waals surface area (Å²) in [4.78, 5) is 0. The maximum absolute atomic E-state index is 13.6. The highest BCUT2D eigenvalue weighted by molar-refractivity contribution is 7.80. The van der Waals surface area contributed by atoms with Crippen molar-refractivity contribution in [3.63, 3.8) is 0 Å². The van der Waals surface area contributed by atoms with E-state index in [1.165, 1.54) is 6.07 Å². The molecule has 0 aliphatic heterocycles. The lowest BCUT2D eigenvalue weighted by molar-refractivity contribution is 0.300. The number of hydrogen-bond donors (Lipinski definition) is 2. The van der Waals surface area contributed by atoms with Crippen molar-refractivity contribution in [3.05, 3.63) is 95.8 Å². The van der Waals surface area contributed by atoms with E-state index in [2.05, 4.69) is 15.8 Å². The molecule has 0 fully saturated rings. The number of anilines is 1. The highest BCUT2D eigenvalue weighted by Gasteiger charge is 2.02. The predicted molar refractivity (Wildman–Crippen MR) is 111 cm³/mol. The van der Waals surface area contributed by atoms with Gasteiger partial charge in [-0.1, -0.05) is 48.5 Å². The van der Waals surface area contributed by atoms with E-state index in [9.17, 15) is 4.39 Å². The van der Waals surface area contributed by atoms with E-state index in [0.717, 1.165) is 11.3 Å². The lowest BCUT2D eigenvalue weighted by atomic mass is 10.2. The number of hydrazone groups is 1. The summed E-state index contributed by atoms with van der Waals surface area (Å²) in [6.07, 6.45) is 1.63. The Labute approximate surface area is 162 Å². The minimum atomic E-state index is -0.279. The van der Waals surface area contributed by atoms with Crippen LogP contribution in [0.3, 0.4) is 0 Å². The van der Waals surface area contributed by atoms with E-state index >= 15 is 0 Å². The zero-order valence-corrected chi connectivity index (χ0v) is 15.2. The number of rotatable bonds is 6. The lowest BCUT2D eigenvalue weighted by Gasteiger charge is -2.08. The molecule has 0 bridgehead atoms. The Balaban J connectivity index is 1.53. The molecule has 0 amide bonds. The van der Waals surface area contributed by atoms with Crippen molar-refractivity contribution < 1.29 is 9.13 Å². The van der Waals surface area contributed by atoms with Gasteiger partial charge in [-0.2, -0.15) is 5.10 Å². The molecule has 0 saturated carbocycles. The highest BCUT2D eigenvalue weighted by Crippen LogP contribution is 2.15. The number of ether oxygens (including phenoxy) is 1. The Kier molecular flexibility index (Phi) is 6.49. The van der Waals surface area contributed by atoms with Gasteiger partial charge < -0.3 is 10.1 Å². The highest BCUT2D eigenvalue weighted by atomic mass is 32.1. The zero-order valence-electron chi connectivity index (χ0n) is 14.4. The number of nitrogens with one attached hydrogen (secondary N) is 2. The average Bonchev–Trinajstić information content (AvgIpc) is 2.68. The van der Waals surface area contributed by atoms with Gasteiger partial charge in [-0.3, -0.25) is 5.43 Å². The fraction of sp³-hybridized carbons (Fsp3) is 0.0476. The first-order valence-electron chi connectivity index (χ1n) is 8.32. The molecule has 0 unspecified atom stereocenters. The van der Waals surface area contributed by atoms with Crippen LogP contribution in [0.4, 0.5) is 10.1 Å². The van der Waals surface area contributed by atoms with Gasteiger partial charge in [-0.25, -0.2) is 4.39 Å². The molecule has 0 saturated heterocycles. The summed E-state index contributed by atoms with van der Waals surface area (Å²) in [7, 11) is 0. The second-order valence-electron chi connectivity index (χ2n) is 5.64. The first-order chi connectivity index (χ1) is 13.2. The molecule has 3 rings (SSSR count). The third-order valence-corrected chi connectivity index (χ3v) is 3.81. The normalized spacial score (nSPS) is 10.6. The topological polar surface area (TPSA) is 45.6 Å². The number of halogens is 1. The van der Waals surface area contributed by atoms with Gasteiger partial charge in [0.2, 0.25) is 0 Å². The van der Waals surface area contributed by atoms with E-state index in [-0.39, 0.29) is 12.4 Å². The van der Waals surface area contributed by atoms with Crippen LogP contribution in [0, 0.1) is 5.82 Å². The monoisotopic (exact) mass is 379 g/mol. The van der Waals surface area contributed by atoms with Crippen LogP contribution >= 0.6 is 12.2 Å². The van der Waals surface area contributed by atoms with Crippen molar-refractivity contribution in [3.8, 4) is 5.75 Å². The first kappa shape index (κ1) is 18.5. The molecule has 0 spiro atoms. The molecule has 0 aliphatic carbocycles. The van der Waals surface area contributed by atoms with Crippen molar-refractivity contribution in [2.75, 3.05) is 5.32 Å². The molecule has 3 aromatic rings. The Morgan fingerprint density at radius 2 is 1.78 bits per heavy atom. The van der Waals surface area contributed by atoms with Crippen molar-refractivity contribution in [2.45, 2.75) is 6.61 Å². The predicted octanol–water partition coefficient (Wildman–Crippen LogP) is 4.73. The third-order valence-electron chi connectivity index (χ3n) is 3.62. The van der Waals surface area contributed by atoms with Crippen LogP contribution in [0.1, 0.15) is 11.1 Å². The summed E-state index contributed by atoms with van der Waals surface area (Å²) >= 11 is 5.19. The van der Waals surface area contributed by atoms with Crippen molar-refractivity contribution in [1.82, 2.24) is 5.43 Å². The van der Waals surface area contributed by atoms with Gasteiger partial charge in [0.05, 0.1) is 6.21 Å². The average molecular weight is 379 g/mol. The Morgan fingerprint density at radius 1 is 1.00 bits per heavy atom. The van der Waals surface area contributed by atoms with Gasteiger partial charge in [0.15, 0.2) is 5.11 Å². The SMILES string of the molecule is Fc1ccccc1COc1cccc(C=NNC(=S)Nc2ccccc2)c1. The maximum Gasteiger partial charge on any atom is 0.191 e. The fourth-order valence-corrected chi connectivity index (χ4v) is 2.48. The van der Waals surface area contributed by atoms with Crippen molar-refractivity contribution >= 4 is 29.2 Å². The summed E-state index contributed by atoms with van der Waals surface area (Å²) in [6, 6.07) is 23.5. The van der Waals surface area contributed by atoms with E-state index < -0.39 is 0 Å². The van der Waals surface area contributed by atoms with E-state index in [1.807, 2.05) is 54.6 Å². The molecule has 0 aromatic heterocycles. The summed E-state index contributed by atoms with van der Waals surface area (Å²) in [5.41, 5.74) is 4.99. The van der Waals surface area contributed by atoms with E-state index in [0.29, 0.717) is 16.4 Å². The molecule has 4 nitrogen and oxygen atoms in total. The van der Waals surface area contributed by atoms with Crippen LogP contribution in [0.15, 0.2) is 84.0 Å². The molecule has 2 N–H and O–H groups in total. The van der Waals surface area contributed by atoms with Gasteiger partial charge in [0, 0.05) is 11.3 Å². The van der Waals surface area contributed by atoms with Crippen LogP contribution in [0.5, 0.6) is 5.75 Å². The first-order valence-corrected chi connectivity index (χ1v) is 8.73. The van der Waals surface area contributed by atoms with Crippen molar-refractivity contribution in [1.29, 1.82) is 0 Å². The fourth-order valence-electron chi connectivity index (χ4n) is 2.31. The third kappa shape index (κ3) is 5.90. The second kappa shape index (κ2) is 9.45. The maximum atomic E-state index is 13.6. The molecular formula is C21H18FN3OS. The Bertz CT molecular complexity index is 931.